The Kier molecular flexibility index (Phi) is 6.89. The van der Waals surface area contributed by atoms with Gasteiger partial charge >= 0.3 is 0 Å². The molecule has 32 heavy (non-hydrogen) atoms. The third-order valence-electron chi connectivity index (χ3n) is 4.42. The molecule has 0 aliphatic rings. The SMILES string of the molecule is COc1ccc(-c2cc(C(=O)NC(F)[C@H](O)C(F)F)c(=O)n(-c3cccc(F)c3)n2)cc1. The maximum Gasteiger partial charge on any atom is 0.284 e. The fourth-order valence-corrected chi connectivity index (χ4v) is 2.76. The van der Waals surface area contributed by atoms with E-state index < -0.39 is 41.7 Å². The van der Waals surface area contributed by atoms with Gasteiger partial charge in [0, 0.05) is 5.56 Å². The predicted molar refractivity (Wildman–Crippen MR) is 106 cm³/mol. The van der Waals surface area contributed by atoms with Crippen LogP contribution in [0, 0.1) is 5.82 Å². The number of hydrogen-bond acceptors (Lipinski definition) is 5. The minimum absolute atomic E-state index is 0.0242. The van der Waals surface area contributed by atoms with Gasteiger partial charge in [-0.3, -0.25) is 9.59 Å². The molecule has 1 heterocycles. The zero-order valence-electron chi connectivity index (χ0n) is 16.5. The number of methoxy groups -OCH3 is 1. The summed E-state index contributed by atoms with van der Waals surface area (Å²) in [6, 6.07) is 12.2. The highest BCUT2D eigenvalue weighted by atomic mass is 19.3. The maximum absolute atomic E-state index is 13.8. The van der Waals surface area contributed by atoms with Crippen LogP contribution in [0.2, 0.25) is 0 Å². The average molecular weight is 451 g/mol. The number of nitrogens with zero attached hydrogens (tertiary/aromatic N) is 2. The van der Waals surface area contributed by atoms with Crippen LogP contribution in [0.3, 0.4) is 0 Å². The number of halogens is 4. The summed E-state index contributed by atoms with van der Waals surface area (Å²) in [7, 11) is 1.46. The molecule has 168 valence electrons. The summed E-state index contributed by atoms with van der Waals surface area (Å²) in [6.45, 7) is 0. The van der Waals surface area contributed by atoms with Gasteiger partial charge in [-0.15, -0.1) is 0 Å². The molecule has 3 aromatic rings. The number of hydrogen-bond donors (Lipinski definition) is 2. The van der Waals surface area contributed by atoms with Gasteiger partial charge in [-0.1, -0.05) is 6.07 Å². The van der Waals surface area contributed by atoms with Crippen molar-refractivity contribution in [3.63, 3.8) is 0 Å². The maximum atomic E-state index is 13.8. The van der Waals surface area contributed by atoms with Gasteiger partial charge in [-0.25, -0.2) is 17.6 Å². The van der Waals surface area contributed by atoms with Crippen molar-refractivity contribution in [3.8, 4) is 22.7 Å². The fraction of sp³-hybridized carbons (Fsp3) is 0.190. The van der Waals surface area contributed by atoms with Crippen LogP contribution >= 0.6 is 0 Å². The first-order valence-electron chi connectivity index (χ1n) is 9.17. The number of alkyl halides is 3. The summed E-state index contributed by atoms with van der Waals surface area (Å²) in [5, 5.41) is 14.8. The Balaban J connectivity index is 2.11. The number of carbonyl (C=O) groups excluding carboxylic acids is 1. The topological polar surface area (TPSA) is 93.5 Å². The van der Waals surface area contributed by atoms with Crippen LogP contribution in [-0.4, -0.2) is 46.7 Å². The molecule has 2 N–H and O–H groups in total. The van der Waals surface area contributed by atoms with Crippen molar-refractivity contribution < 1.29 is 32.2 Å². The van der Waals surface area contributed by atoms with Crippen molar-refractivity contribution in [1.82, 2.24) is 15.1 Å². The molecule has 1 aromatic heterocycles. The van der Waals surface area contributed by atoms with E-state index in [0.717, 1.165) is 22.9 Å². The Hall–Kier alpha value is -3.73. The molecular weight excluding hydrogens is 434 g/mol. The van der Waals surface area contributed by atoms with Crippen LogP contribution in [0.15, 0.2) is 59.4 Å². The van der Waals surface area contributed by atoms with Crippen LogP contribution in [0.1, 0.15) is 10.4 Å². The third kappa shape index (κ3) is 4.94. The van der Waals surface area contributed by atoms with Gasteiger partial charge in [0.2, 0.25) is 6.30 Å². The second-order valence-corrected chi connectivity index (χ2v) is 6.57. The summed E-state index contributed by atoms with van der Waals surface area (Å²) in [6.07, 6.45) is -9.07. The molecule has 1 amide bonds. The smallest absolute Gasteiger partial charge is 0.284 e. The summed E-state index contributed by atoms with van der Waals surface area (Å²) in [4.78, 5) is 25.4. The Morgan fingerprint density at radius 3 is 2.41 bits per heavy atom. The van der Waals surface area contributed by atoms with E-state index in [2.05, 4.69) is 5.10 Å². The van der Waals surface area contributed by atoms with Crippen LogP contribution in [-0.2, 0) is 0 Å². The number of benzene rings is 2. The molecule has 2 atom stereocenters. The highest BCUT2D eigenvalue weighted by molar-refractivity contribution is 5.95. The summed E-state index contributed by atoms with van der Waals surface area (Å²) in [5.41, 5.74) is -1.23. The van der Waals surface area contributed by atoms with Gasteiger partial charge in [-0.05, 0) is 48.5 Å². The van der Waals surface area contributed by atoms with Gasteiger partial charge in [0.05, 0.1) is 18.5 Å². The summed E-state index contributed by atoms with van der Waals surface area (Å²) in [5.74, 6) is -1.52. The van der Waals surface area contributed by atoms with E-state index in [1.165, 1.54) is 24.6 Å². The number of aliphatic hydroxyl groups is 1. The zero-order chi connectivity index (χ0) is 23.4. The molecule has 0 saturated carbocycles. The Bertz CT molecular complexity index is 1170. The minimum atomic E-state index is -3.46. The standard InChI is InChI=1S/C21H17F4N3O4/c1-32-14-7-5-11(6-8-14)16-10-15(20(30)26-19(25)17(29)18(23)24)21(31)28(27-16)13-4-2-3-12(22)9-13/h2-10,17-19,29H,1H3,(H,26,30)/t17-,19?/m1/s1. The molecule has 2 aromatic carbocycles. The van der Waals surface area contributed by atoms with Crippen LogP contribution in [0.4, 0.5) is 17.6 Å². The number of nitrogens with one attached hydrogen (secondary N) is 1. The predicted octanol–water partition coefficient (Wildman–Crippen LogP) is 2.70. The fourth-order valence-electron chi connectivity index (χ4n) is 2.76. The van der Waals surface area contributed by atoms with Crippen LogP contribution in [0.25, 0.3) is 16.9 Å². The lowest BCUT2D eigenvalue weighted by Crippen LogP contribution is -2.45. The second kappa shape index (κ2) is 9.60. The second-order valence-electron chi connectivity index (χ2n) is 6.57. The molecule has 0 spiro atoms. The zero-order valence-corrected chi connectivity index (χ0v) is 16.5. The number of carbonyl (C=O) groups is 1. The van der Waals surface area contributed by atoms with Gasteiger partial charge in [0.15, 0.2) is 6.10 Å². The van der Waals surface area contributed by atoms with E-state index in [9.17, 15) is 27.2 Å². The van der Waals surface area contributed by atoms with Crippen molar-refractivity contribution in [2.24, 2.45) is 0 Å². The number of aromatic nitrogens is 2. The number of amides is 1. The van der Waals surface area contributed by atoms with Gasteiger partial charge < -0.3 is 15.2 Å². The van der Waals surface area contributed by atoms with Gasteiger partial charge in [-0.2, -0.15) is 9.78 Å². The lowest BCUT2D eigenvalue weighted by molar-refractivity contribution is -0.0551. The van der Waals surface area contributed by atoms with E-state index in [0.29, 0.717) is 11.3 Å². The molecule has 0 aliphatic carbocycles. The Morgan fingerprint density at radius 2 is 1.81 bits per heavy atom. The third-order valence-corrected chi connectivity index (χ3v) is 4.42. The first-order chi connectivity index (χ1) is 15.2. The van der Waals surface area contributed by atoms with Gasteiger partial charge in [0.1, 0.15) is 17.1 Å². The normalized spacial score (nSPS) is 13.0. The molecule has 1 unspecified atom stereocenters. The lowest BCUT2D eigenvalue weighted by atomic mass is 10.1. The Labute approximate surface area is 178 Å². The summed E-state index contributed by atoms with van der Waals surface area (Å²) < 4.78 is 58.4. The van der Waals surface area contributed by atoms with E-state index >= 15 is 0 Å². The number of ether oxygens (including phenoxy) is 1. The van der Waals surface area contributed by atoms with E-state index in [1.807, 2.05) is 0 Å². The van der Waals surface area contributed by atoms with E-state index in [4.69, 9.17) is 9.84 Å². The summed E-state index contributed by atoms with van der Waals surface area (Å²) >= 11 is 0. The first-order valence-corrected chi connectivity index (χ1v) is 9.17. The van der Waals surface area contributed by atoms with E-state index in [-0.39, 0.29) is 11.4 Å². The monoisotopic (exact) mass is 451 g/mol. The molecule has 11 heteroatoms. The first kappa shape index (κ1) is 22.9. The van der Waals surface area contributed by atoms with Crippen molar-refractivity contribution in [2.45, 2.75) is 18.8 Å². The Morgan fingerprint density at radius 1 is 1.12 bits per heavy atom. The van der Waals surface area contributed by atoms with Crippen molar-refractivity contribution in [3.05, 3.63) is 76.3 Å². The van der Waals surface area contributed by atoms with Crippen LogP contribution in [0.5, 0.6) is 5.75 Å². The van der Waals surface area contributed by atoms with E-state index in [1.54, 1.807) is 24.3 Å². The largest absolute Gasteiger partial charge is 0.497 e. The quantitative estimate of drug-likeness (QED) is 0.426. The highest BCUT2D eigenvalue weighted by Crippen LogP contribution is 2.21. The molecule has 0 aliphatic heterocycles. The molecule has 7 nitrogen and oxygen atoms in total. The minimum Gasteiger partial charge on any atom is -0.497 e. The van der Waals surface area contributed by atoms with Crippen molar-refractivity contribution in [1.29, 1.82) is 0 Å². The van der Waals surface area contributed by atoms with Crippen molar-refractivity contribution in [2.75, 3.05) is 7.11 Å². The van der Waals surface area contributed by atoms with Gasteiger partial charge in [0.25, 0.3) is 17.9 Å². The lowest BCUT2D eigenvalue weighted by Gasteiger charge is -2.17. The number of aliphatic hydroxyl groups excluding tert-OH is 1. The average Bonchev–Trinajstić information content (AvgIpc) is 2.78. The molecule has 3 rings (SSSR count). The molecule has 0 saturated heterocycles. The molecule has 0 fully saturated rings. The molecule has 0 radical (unpaired) electrons. The molecule has 0 bridgehead atoms. The highest BCUT2D eigenvalue weighted by Gasteiger charge is 2.30. The molecular formula is C21H17F4N3O4. The number of rotatable bonds is 7. The van der Waals surface area contributed by atoms with Crippen LogP contribution < -0.4 is 15.6 Å². The van der Waals surface area contributed by atoms with Crippen molar-refractivity contribution >= 4 is 5.91 Å².